The van der Waals surface area contributed by atoms with Crippen LogP contribution in [-0.4, -0.2) is 15.0 Å². The van der Waals surface area contributed by atoms with Crippen molar-refractivity contribution in [2.24, 2.45) is 0 Å². The quantitative estimate of drug-likeness (QED) is 0.576. The molecule has 0 saturated carbocycles. The van der Waals surface area contributed by atoms with E-state index in [1.807, 2.05) is 54.6 Å². The smallest absolute Gasteiger partial charge is 0.240 e. The summed E-state index contributed by atoms with van der Waals surface area (Å²) < 4.78 is 28.7. The van der Waals surface area contributed by atoms with E-state index in [-0.39, 0.29) is 17.5 Å². The minimum absolute atomic E-state index is 0.198. The maximum Gasteiger partial charge on any atom is 0.240 e. The van der Waals surface area contributed by atoms with Gasteiger partial charge in [0.05, 0.1) is 10.9 Å². The third-order valence-electron chi connectivity index (χ3n) is 3.92. The summed E-state index contributed by atoms with van der Waals surface area (Å²) in [6.07, 6.45) is 0. The minimum Gasteiger partial charge on any atom is -0.377 e. The molecule has 0 aliphatic carbocycles. The van der Waals surface area contributed by atoms with Crippen LogP contribution in [-0.2, 0) is 10.0 Å². The van der Waals surface area contributed by atoms with Gasteiger partial charge in [-0.15, -0.1) is 0 Å². The highest BCUT2D eigenvalue weighted by atomic mass is 79.9. The van der Waals surface area contributed by atoms with Crippen molar-refractivity contribution >= 4 is 31.6 Å². The average Bonchev–Trinajstić information content (AvgIpc) is 2.68. The zero-order valence-electron chi connectivity index (χ0n) is 14.0. The van der Waals surface area contributed by atoms with Crippen molar-refractivity contribution in [3.05, 3.63) is 95.0 Å². The van der Waals surface area contributed by atoms with Crippen molar-refractivity contribution in [3.8, 4) is 0 Å². The molecule has 134 valence electrons. The fourth-order valence-corrected chi connectivity index (χ4v) is 3.89. The minimum atomic E-state index is -3.56. The largest absolute Gasteiger partial charge is 0.377 e. The lowest BCUT2D eigenvalue weighted by atomic mass is 10.1. The molecule has 1 unspecified atom stereocenters. The number of benzene rings is 3. The Morgan fingerprint density at radius 3 is 2.00 bits per heavy atom. The number of sulfonamides is 1. The molecule has 0 aromatic heterocycles. The van der Waals surface area contributed by atoms with Crippen LogP contribution in [0.5, 0.6) is 0 Å². The molecule has 0 amide bonds. The SMILES string of the molecule is O=S(=O)(NCC(Nc1ccc(Br)cc1)c1ccccc1)c1ccccc1. The number of anilines is 1. The molecule has 0 saturated heterocycles. The van der Waals surface area contributed by atoms with Crippen molar-refractivity contribution in [1.82, 2.24) is 4.72 Å². The molecular weight excluding hydrogens is 412 g/mol. The monoisotopic (exact) mass is 430 g/mol. The van der Waals surface area contributed by atoms with Gasteiger partial charge in [0.2, 0.25) is 10.0 Å². The zero-order chi connectivity index (χ0) is 18.4. The number of rotatable bonds is 7. The Labute approximate surface area is 162 Å². The maximum atomic E-state index is 12.5. The summed E-state index contributed by atoms with van der Waals surface area (Å²) in [7, 11) is -3.56. The van der Waals surface area contributed by atoms with E-state index >= 15 is 0 Å². The molecule has 3 rings (SSSR count). The molecule has 0 aliphatic heterocycles. The third-order valence-corrected chi connectivity index (χ3v) is 5.89. The highest BCUT2D eigenvalue weighted by Crippen LogP contribution is 2.21. The van der Waals surface area contributed by atoms with E-state index < -0.39 is 10.0 Å². The van der Waals surface area contributed by atoms with Crippen molar-refractivity contribution < 1.29 is 8.42 Å². The molecule has 0 heterocycles. The van der Waals surface area contributed by atoms with Crippen molar-refractivity contribution in [1.29, 1.82) is 0 Å². The lowest BCUT2D eigenvalue weighted by Gasteiger charge is -2.21. The number of halogens is 1. The summed E-state index contributed by atoms with van der Waals surface area (Å²) in [6.45, 7) is 0.233. The summed E-state index contributed by atoms with van der Waals surface area (Å²) in [5.41, 5.74) is 1.92. The van der Waals surface area contributed by atoms with Gasteiger partial charge in [0.1, 0.15) is 0 Å². The molecule has 0 fully saturated rings. The number of nitrogens with one attached hydrogen (secondary N) is 2. The molecule has 0 bridgehead atoms. The lowest BCUT2D eigenvalue weighted by Crippen LogP contribution is -2.31. The van der Waals surface area contributed by atoms with Crippen LogP contribution in [0.25, 0.3) is 0 Å². The first-order valence-electron chi connectivity index (χ1n) is 8.16. The van der Waals surface area contributed by atoms with Crippen LogP contribution in [0.2, 0.25) is 0 Å². The second kappa shape index (κ2) is 8.49. The van der Waals surface area contributed by atoms with Crippen LogP contribution in [0.3, 0.4) is 0 Å². The summed E-state index contributed by atoms with van der Waals surface area (Å²) in [6, 6.07) is 25.8. The highest BCUT2D eigenvalue weighted by Gasteiger charge is 2.18. The Bertz CT molecular complexity index is 931. The molecule has 0 aliphatic rings. The van der Waals surface area contributed by atoms with Gasteiger partial charge in [-0.05, 0) is 42.0 Å². The van der Waals surface area contributed by atoms with E-state index in [1.54, 1.807) is 30.3 Å². The Balaban J connectivity index is 1.79. The Morgan fingerprint density at radius 2 is 1.38 bits per heavy atom. The van der Waals surface area contributed by atoms with E-state index in [1.165, 1.54) is 0 Å². The second-order valence-corrected chi connectivity index (χ2v) is 8.46. The van der Waals surface area contributed by atoms with Gasteiger partial charge >= 0.3 is 0 Å². The zero-order valence-corrected chi connectivity index (χ0v) is 16.4. The van der Waals surface area contributed by atoms with E-state index in [0.717, 1.165) is 15.7 Å². The Hall–Kier alpha value is -2.15. The lowest BCUT2D eigenvalue weighted by molar-refractivity contribution is 0.576. The average molecular weight is 431 g/mol. The van der Waals surface area contributed by atoms with Gasteiger partial charge in [0, 0.05) is 16.7 Å². The molecule has 1 atom stereocenters. The first-order chi connectivity index (χ1) is 12.5. The van der Waals surface area contributed by atoms with Crippen LogP contribution < -0.4 is 10.0 Å². The Kier molecular flexibility index (Phi) is 6.08. The fourth-order valence-electron chi connectivity index (χ4n) is 2.56. The van der Waals surface area contributed by atoms with E-state index in [4.69, 9.17) is 0 Å². The third kappa shape index (κ3) is 4.94. The molecule has 26 heavy (non-hydrogen) atoms. The molecule has 4 nitrogen and oxygen atoms in total. The molecule has 3 aromatic carbocycles. The molecule has 3 aromatic rings. The molecule has 2 N–H and O–H groups in total. The van der Waals surface area contributed by atoms with Gasteiger partial charge in [0.15, 0.2) is 0 Å². The highest BCUT2D eigenvalue weighted by molar-refractivity contribution is 9.10. The predicted molar refractivity (Wildman–Crippen MR) is 109 cm³/mol. The second-order valence-electron chi connectivity index (χ2n) is 5.78. The standard InChI is InChI=1S/C20H19BrN2O2S/c21-17-11-13-18(14-12-17)23-20(16-7-3-1-4-8-16)15-22-26(24,25)19-9-5-2-6-10-19/h1-14,20,22-23H,15H2. The van der Waals surface area contributed by atoms with Gasteiger partial charge in [-0.3, -0.25) is 0 Å². The number of hydrogen-bond donors (Lipinski definition) is 2. The summed E-state index contributed by atoms with van der Waals surface area (Å²) in [5, 5.41) is 3.40. The maximum absolute atomic E-state index is 12.5. The molecule has 0 spiro atoms. The molecular formula is C20H19BrN2O2S. The normalized spacial score (nSPS) is 12.5. The summed E-state index contributed by atoms with van der Waals surface area (Å²) >= 11 is 3.42. The van der Waals surface area contributed by atoms with E-state index in [9.17, 15) is 8.42 Å². The van der Waals surface area contributed by atoms with E-state index in [0.29, 0.717) is 0 Å². The fraction of sp³-hybridized carbons (Fsp3) is 0.100. The van der Waals surface area contributed by atoms with Gasteiger partial charge < -0.3 is 5.32 Å². The van der Waals surface area contributed by atoms with Crippen LogP contribution in [0, 0.1) is 0 Å². The van der Waals surface area contributed by atoms with Gasteiger partial charge in [-0.2, -0.15) is 0 Å². The predicted octanol–water partition coefficient (Wildman–Crippen LogP) is 4.58. The number of hydrogen-bond acceptors (Lipinski definition) is 3. The van der Waals surface area contributed by atoms with Crippen molar-refractivity contribution in [2.75, 3.05) is 11.9 Å². The van der Waals surface area contributed by atoms with Gasteiger partial charge in [0.25, 0.3) is 0 Å². The van der Waals surface area contributed by atoms with Crippen LogP contribution in [0.4, 0.5) is 5.69 Å². The van der Waals surface area contributed by atoms with Crippen LogP contribution >= 0.6 is 15.9 Å². The van der Waals surface area contributed by atoms with E-state index in [2.05, 4.69) is 26.0 Å². The van der Waals surface area contributed by atoms with Crippen LogP contribution in [0.1, 0.15) is 11.6 Å². The Morgan fingerprint density at radius 1 is 0.808 bits per heavy atom. The van der Waals surface area contributed by atoms with Crippen molar-refractivity contribution in [3.63, 3.8) is 0 Å². The summed E-state index contributed by atoms with van der Waals surface area (Å²) in [5.74, 6) is 0. The summed E-state index contributed by atoms with van der Waals surface area (Å²) in [4.78, 5) is 0.260. The first kappa shape index (κ1) is 18.6. The molecule has 0 radical (unpaired) electrons. The molecule has 6 heteroatoms. The topological polar surface area (TPSA) is 58.2 Å². The van der Waals surface area contributed by atoms with Crippen molar-refractivity contribution in [2.45, 2.75) is 10.9 Å². The van der Waals surface area contributed by atoms with Gasteiger partial charge in [-0.25, -0.2) is 13.1 Å². The first-order valence-corrected chi connectivity index (χ1v) is 10.4. The van der Waals surface area contributed by atoms with Gasteiger partial charge in [-0.1, -0.05) is 64.5 Å². The van der Waals surface area contributed by atoms with Crippen LogP contribution in [0.15, 0.2) is 94.3 Å².